The molecule has 0 aliphatic carbocycles. The molecular formula is C15H17ClN2. The Hall–Kier alpha value is -1.38. The molecule has 0 aliphatic heterocycles. The summed E-state index contributed by atoms with van der Waals surface area (Å²) in [6.45, 7) is 2.65. The van der Waals surface area contributed by atoms with Gasteiger partial charge in [-0.05, 0) is 41.3 Å². The predicted molar refractivity (Wildman–Crippen MR) is 75.8 cm³/mol. The summed E-state index contributed by atoms with van der Waals surface area (Å²) < 4.78 is 0. The van der Waals surface area contributed by atoms with Crippen LogP contribution in [-0.4, -0.2) is 4.98 Å². The molecule has 2 rings (SSSR count). The van der Waals surface area contributed by atoms with E-state index < -0.39 is 0 Å². The highest BCUT2D eigenvalue weighted by molar-refractivity contribution is 6.30. The normalized spacial score (nSPS) is 10.6. The summed E-state index contributed by atoms with van der Waals surface area (Å²) in [6, 6.07) is 10.0. The maximum Gasteiger partial charge on any atom is 0.0447 e. The third kappa shape index (κ3) is 3.09. The fourth-order valence-corrected chi connectivity index (χ4v) is 2.12. The Bertz CT molecular complexity index is 521. The van der Waals surface area contributed by atoms with Crippen molar-refractivity contribution in [1.82, 2.24) is 4.98 Å². The van der Waals surface area contributed by atoms with Crippen LogP contribution in [0.4, 0.5) is 0 Å². The summed E-state index contributed by atoms with van der Waals surface area (Å²) in [5, 5.41) is 0.743. The van der Waals surface area contributed by atoms with Gasteiger partial charge in [-0.1, -0.05) is 30.7 Å². The van der Waals surface area contributed by atoms with Crippen molar-refractivity contribution in [2.45, 2.75) is 26.3 Å². The largest absolute Gasteiger partial charge is 0.326 e. The first-order chi connectivity index (χ1) is 8.72. The quantitative estimate of drug-likeness (QED) is 0.916. The van der Waals surface area contributed by atoms with Crippen LogP contribution in [0.3, 0.4) is 0 Å². The van der Waals surface area contributed by atoms with Gasteiger partial charge in [-0.25, -0.2) is 0 Å². The molecule has 0 amide bonds. The van der Waals surface area contributed by atoms with Crippen LogP contribution in [0.25, 0.3) is 0 Å². The molecule has 0 bridgehead atoms. The first-order valence-electron chi connectivity index (χ1n) is 6.14. The van der Waals surface area contributed by atoms with E-state index >= 15 is 0 Å². The number of nitrogens with zero attached hydrogens (tertiary/aromatic N) is 1. The number of pyridine rings is 1. The van der Waals surface area contributed by atoms with E-state index in [1.165, 1.54) is 5.56 Å². The Balaban J connectivity index is 2.24. The van der Waals surface area contributed by atoms with Crippen molar-refractivity contribution < 1.29 is 0 Å². The zero-order chi connectivity index (χ0) is 13.0. The molecule has 0 aliphatic rings. The van der Waals surface area contributed by atoms with Gasteiger partial charge in [-0.3, -0.25) is 4.98 Å². The van der Waals surface area contributed by atoms with Gasteiger partial charge >= 0.3 is 0 Å². The smallest absolute Gasteiger partial charge is 0.0447 e. The molecule has 0 unspecified atom stereocenters. The monoisotopic (exact) mass is 260 g/mol. The highest BCUT2D eigenvalue weighted by atomic mass is 35.5. The topological polar surface area (TPSA) is 38.9 Å². The van der Waals surface area contributed by atoms with E-state index in [4.69, 9.17) is 17.3 Å². The minimum Gasteiger partial charge on any atom is -0.326 e. The Labute approximate surface area is 113 Å². The van der Waals surface area contributed by atoms with Gasteiger partial charge in [0, 0.05) is 29.9 Å². The Kier molecular flexibility index (Phi) is 4.34. The number of hydrogen-bond donors (Lipinski definition) is 1. The maximum atomic E-state index is 6.03. The van der Waals surface area contributed by atoms with E-state index in [0.29, 0.717) is 6.54 Å². The summed E-state index contributed by atoms with van der Waals surface area (Å²) in [5.41, 5.74) is 10.3. The first-order valence-corrected chi connectivity index (χ1v) is 6.52. The van der Waals surface area contributed by atoms with Gasteiger partial charge in [0.15, 0.2) is 0 Å². The lowest BCUT2D eigenvalue weighted by Gasteiger charge is -2.08. The second kappa shape index (κ2) is 5.98. The maximum absolute atomic E-state index is 6.03. The Morgan fingerprint density at radius 1 is 1.17 bits per heavy atom. The summed E-state index contributed by atoms with van der Waals surface area (Å²) in [5.74, 6) is 0. The van der Waals surface area contributed by atoms with E-state index in [-0.39, 0.29) is 0 Å². The van der Waals surface area contributed by atoms with Gasteiger partial charge < -0.3 is 5.73 Å². The molecule has 1 aromatic carbocycles. The summed E-state index contributed by atoms with van der Waals surface area (Å²) >= 11 is 6.03. The zero-order valence-electron chi connectivity index (χ0n) is 10.5. The number of benzene rings is 1. The molecule has 1 aromatic heterocycles. The van der Waals surface area contributed by atoms with E-state index in [9.17, 15) is 0 Å². The van der Waals surface area contributed by atoms with Gasteiger partial charge in [0.1, 0.15) is 0 Å². The SMILES string of the molecule is CCc1ccc(Cc2cc(Cl)ccc2CN)nc1. The average Bonchev–Trinajstić information content (AvgIpc) is 2.40. The Morgan fingerprint density at radius 2 is 2.00 bits per heavy atom. The molecule has 0 fully saturated rings. The number of aromatic nitrogens is 1. The van der Waals surface area contributed by atoms with Crippen LogP contribution in [-0.2, 0) is 19.4 Å². The summed E-state index contributed by atoms with van der Waals surface area (Å²) in [7, 11) is 0. The molecule has 3 heteroatoms. The molecule has 2 aromatic rings. The average molecular weight is 261 g/mol. The van der Waals surface area contributed by atoms with Crippen LogP contribution >= 0.6 is 11.6 Å². The van der Waals surface area contributed by atoms with Crippen LogP contribution in [0.1, 0.15) is 29.3 Å². The molecular weight excluding hydrogens is 244 g/mol. The minimum atomic E-state index is 0.527. The van der Waals surface area contributed by atoms with E-state index in [1.807, 2.05) is 24.4 Å². The lowest BCUT2D eigenvalue weighted by molar-refractivity contribution is 0.983. The molecule has 0 atom stereocenters. The number of nitrogens with two attached hydrogens (primary N) is 1. The molecule has 0 saturated carbocycles. The third-order valence-corrected chi connectivity index (χ3v) is 3.29. The van der Waals surface area contributed by atoms with Crippen LogP contribution in [0.5, 0.6) is 0 Å². The van der Waals surface area contributed by atoms with Crippen LogP contribution in [0.15, 0.2) is 36.5 Å². The van der Waals surface area contributed by atoms with Crippen molar-refractivity contribution in [3.8, 4) is 0 Å². The van der Waals surface area contributed by atoms with E-state index in [0.717, 1.165) is 34.7 Å². The van der Waals surface area contributed by atoms with Crippen molar-refractivity contribution in [2.24, 2.45) is 5.73 Å². The number of hydrogen-bond acceptors (Lipinski definition) is 2. The van der Waals surface area contributed by atoms with Gasteiger partial charge in [0.05, 0.1) is 0 Å². The van der Waals surface area contributed by atoms with Crippen molar-refractivity contribution >= 4 is 11.6 Å². The molecule has 0 spiro atoms. The highest BCUT2D eigenvalue weighted by Crippen LogP contribution is 2.18. The molecule has 94 valence electrons. The second-order valence-electron chi connectivity index (χ2n) is 4.31. The standard InChI is InChI=1S/C15H17ClN2/c1-2-11-3-6-15(18-10-11)8-13-7-14(16)5-4-12(13)9-17/h3-7,10H,2,8-9,17H2,1H3. The molecule has 0 radical (unpaired) electrons. The van der Waals surface area contributed by atoms with Gasteiger partial charge in [0.25, 0.3) is 0 Å². The number of aryl methyl sites for hydroxylation is 1. The third-order valence-electron chi connectivity index (χ3n) is 3.05. The summed E-state index contributed by atoms with van der Waals surface area (Å²) in [4.78, 5) is 4.47. The molecule has 2 nitrogen and oxygen atoms in total. The van der Waals surface area contributed by atoms with Crippen LogP contribution < -0.4 is 5.73 Å². The van der Waals surface area contributed by atoms with Gasteiger partial charge in [-0.2, -0.15) is 0 Å². The van der Waals surface area contributed by atoms with Crippen LogP contribution in [0, 0.1) is 0 Å². The zero-order valence-corrected chi connectivity index (χ0v) is 11.2. The van der Waals surface area contributed by atoms with Crippen molar-refractivity contribution in [1.29, 1.82) is 0 Å². The number of rotatable bonds is 4. The minimum absolute atomic E-state index is 0.527. The van der Waals surface area contributed by atoms with Crippen molar-refractivity contribution in [2.75, 3.05) is 0 Å². The predicted octanol–water partition coefficient (Wildman–Crippen LogP) is 3.35. The van der Waals surface area contributed by atoms with Crippen molar-refractivity contribution in [3.63, 3.8) is 0 Å². The van der Waals surface area contributed by atoms with Crippen LogP contribution in [0.2, 0.25) is 5.02 Å². The lowest BCUT2D eigenvalue weighted by atomic mass is 10.0. The van der Waals surface area contributed by atoms with Crippen molar-refractivity contribution in [3.05, 3.63) is 63.9 Å². The van der Waals surface area contributed by atoms with Gasteiger partial charge in [-0.15, -0.1) is 0 Å². The molecule has 2 N–H and O–H groups in total. The van der Waals surface area contributed by atoms with E-state index in [2.05, 4.69) is 24.0 Å². The molecule has 1 heterocycles. The van der Waals surface area contributed by atoms with Gasteiger partial charge in [0.2, 0.25) is 0 Å². The molecule has 0 saturated heterocycles. The molecule has 18 heavy (non-hydrogen) atoms. The van der Waals surface area contributed by atoms with E-state index in [1.54, 1.807) is 0 Å². The first kappa shape index (κ1) is 13.1. The second-order valence-corrected chi connectivity index (χ2v) is 4.74. The number of halogens is 1. The fourth-order valence-electron chi connectivity index (χ4n) is 1.92. The summed E-state index contributed by atoms with van der Waals surface area (Å²) in [6.07, 6.45) is 3.72. The lowest BCUT2D eigenvalue weighted by Crippen LogP contribution is -2.03. The fraction of sp³-hybridized carbons (Fsp3) is 0.267. The highest BCUT2D eigenvalue weighted by Gasteiger charge is 2.04. The Morgan fingerprint density at radius 3 is 2.61 bits per heavy atom.